The molecule has 0 saturated carbocycles. The van der Waals surface area contributed by atoms with Gasteiger partial charge in [0, 0.05) is 0 Å². The van der Waals surface area contributed by atoms with E-state index < -0.39 is 18.1 Å². The van der Waals surface area contributed by atoms with Crippen molar-refractivity contribution in [2.24, 2.45) is 5.92 Å². The first-order chi connectivity index (χ1) is 16.2. The number of benzene rings is 3. The first-order valence-corrected chi connectivity index (χ1v) is 11.7. The van der Waals surface area contributed by atoms with E-state index in [1.165, 1.54) is 10.5 Å². The number of amides is 2. The second kappa shape index (κ2) is 8.10. The predicted molar refractivity (Wildman–Crippen MR) is 134 cm³/mol. The third-order valence-electron chi connectivity index (χ3n) is 6.84. The Morgan fingerprint density at radius 2 is 1.50 bits per heavy atom. The lowest BCUT2D eigenvalue weighted by Crippen LogP contribution is -2.37. The highest BCUT2D eigenvalue weighted by atomic mass is 16.7. The molecule has 3 aromatic rings. The SMILES string of the molecule is Cc1ccc(N2C(=O)[C@H]3[C@H](ON(c4ccccc4)[C@@H]3c3ccc(C(C)(C)C)cc3)C2=O)c(C)c1. The lowest BCUT2D eigenvalue weighted by molar-refractivity contribution is -0.126. The predicted octanol–water partition coefficient (Wildman–Crippen LogP) is 5.65. The second-order valence-electron chi connectivity index (χ2n) is 10.3. The van der Waals surface area contributed by atoms with Crippen LogP contribution in [0.4, 0.5) is 11.4 Å². The summed E-state index contributed by atoms with van der Waals surface area (Å²) < 4.78 is 0. The zero-order chi connectivity index (χ0) is 24.2. The van der Waals surface area contributed by atoms with Crippen LogP contribution in [0.2, 0.25) is 0 Å². The molecule has 34 heavy (non-hydrogen) atoms. The summed E-state index contributed by atoms with van der Waals surface area (Å²) in [6.45, 7) is 10.4. The molecule has 5 nitrogen and oxygen atoms in total. The molecular weight excluding hydrogens is 424 g/mol. The Labute approximate surface area is 200 Å². The van der Waals surface area contributed by atoms with Gasteiger partial charge < -0.3 is 0 Å². The van der Waals surface area contributed by atoms with Crippen molar-refractivity contribution >= 4 is 23.2 Å². The Bertz CT molecular complexity index is 1240. The van der Waals surface area contributed by atoms with Gasteiger partial charge in [-0.25, -0.2) is 9.96 Å². The molecule has 2 amide bonds. The summed E-state index contributed by atoms with van der Waals surface area (Å²) in [6.07, 6.45) is -0.860. The fourth-order valence-corrected chi connectivity index (χ4v) is 5.03. The lowest BCUT2D eigenvalue weighted by Gasteiger charge is -2.29. The topological polar surface area (TPSA) is 49.9 Å². The quantitative estimate of drug-likeness (QED) is 0.480. The number of hydrogen-bond acceptors (Lipinski definition) is 4. The molecule has 0 aliphatic carbocycles. The van der Waals surface area contributed by atoms with Crippen LogP contribution in [0.1, 0.15) is 49.1 Å². The molecule has 0 unspecified atom stereocenters. The Balaban J connectivity index is 1.58. The molecule has 2 aliphatic rings. The first-order valence-electron chi connectivity index (χ1n) is 11.7. The van der Waals surface area contributed by atoms with E-state index in [0.717, 1.165) is 22.4 Å². The Morgan fingerprint density at radius 1 is 0.824 bits per heavy atom. The van der Waals surface area contributed by atoms with Crippen LogP contribution in [0.15, 0.2) is 72.8 Å². The Kier molecular flexibility index (Phi) is 5.33. The monoisotopic (exact) mass is 454 g/mol. The molecule has 174 valence electrons. The highest BCUT2D eigenvalue weighted by Crippen LogP contribution is 2.48. The van der Waals surface area contributed by atoms with Crippen LogP contribution in [-0.2, 0) is 19.8 Å². The fraction of sp³-hybridized carbons (Fsp3) is 0.310. The van der Waals surface area contributed by atoms with Gasteiger partial charge >= 0.3 is 0 Å². The van der Waals surface area contributed by atoms with Gasteiger partial charge in [-0.15, -0.1) is 0 Å². The molecule has 0 bridgehead atoms. The van der Waals surface area contributed by atoms with Crippen LogP contribution in [0.3, 0.4) is 0 Å². The minimum atomic E-state index is -0.860. The summed E-state index contributed by atoms with van der Waals surface area (Å²) in [4.78, 5) is 34.9. The molecule has 0 aromatic heterocycles. The van der Waals surface area contributed by atoms with Gasteiger partial charge in [-0.1, -0.05) is 80.9 Å². The van der Waals surface area contributed by atoms with Crippen molar-refractivity contribution in [3.8, 4) is 0 Å². The van der Waals surface area contributed by atoms with E-state index in [-0.39, 0.29) is 17.2 Å². The minimum Gasteiger partial charge on any atom is -0.273 e. The number of anilines is 2. The maximum Gasteiger partial charge on any atom is 0.266 e. The molecule has 3 aromatic carbocycles. The molecule has 2 saturated heterocycles. The van der Waals surface area contributed by atoms with Gasteiger partial charge in [-0.05, 0) is 54.2 Å². The summed E-state index contributed by atoms with van der Waals surface area (Å²) >= 11 is 0. The molecule has 3 atom stereocenters. The number of fused-ring (bicyclic) bond motifs is 1. The second-order valence-corrected chi connectivity index (χ2v) is 10.3. The van der Waals surface area contributed by atoms with E-state index in [2.05, 4.69) is 45.0 Å². The summed E-state index contributed by atoms with van der Waals surface area (Å²) in [6, 6.07) is 23.4. The van der Waals surface area contributed by atoms with Crippen LogP contribution in [-0.4, -0.2) is 17.9 Å². The van der Waals surface area contributed by atoms with Gasteiger partial charge in [-0.3, -0.25) is 14.4 Å². The van der Waals surface area contributed by atoms with E-state index in [1.54, 1.807) is 5.06 Å². The van der Waals surface area contributed by atoms with Crippen LogP contribution in [0.25, 0.3) is 0 Å². The maximum absolute atomic E-state index is 13.8. The number of nitrogens with zero attached hydrogens (tertiary/aromatic N) is 2. The molecule has 2 aliphatic heterocycles. The molecule has 0 radical (unpaired) electrons. The molecule has 2 heterocycles. The van der Waals surface area contributed by atoms with Crippen LogP contribution in [0.5, 0.6) is 0 Å². The van der Waals surface area contributed by atoms with E-state index in [0.29, 0.717) is 5.69 Å². The van der Waals surface area contributed by atoms with Crippen molar-refractivity contribution < 1.29 is 14.4 Å². The molecule has 5 rings (SSSR count). The van der Waals surface area contributed by atoms with E-state index in [1.807, 2.05) is 62.4 Å². The van der Waals surface area contributed by atoms with Gasteiger partial charge in [0.25, 0.3) is 5.91 Å². The molecule has 2 fully saturated rings. The average molecular weight is 455 g/mol. The fourth-order valence-electron chi connectivity index (χ4n) is 5.03. The number of carbonyl (C=O) groups excluding carboxylic acids is 2. The van der Waals surface area contributed by atoms with E-state index in [4.69, 9.17) is 4.84 Å². The number of imide groups is 1. The number of para-hydroxylation sites is 1. The summed E-state index contributed by atoms with van der Waals surface area (Å²) in [5, 5.41) is 1.75. The van der Waals surface area contributed by atoms with Gasteiger partial charge in [0.05, 0.1) is 17.4 Å². The number of rotatable bonds is 3. The summed E-state index contributed by atoms with van der Waals surface area (Å²) in [7, 11) is 0. The van der Waals surface area contributed by atoms with Crippen LogP contribution >= 0.6 is 0 Å². The standard InChI is InChI=1S/C29H30N2O3/c1-18-11-16-23(19(2)17-18)30-27(32)24-25(20-12-14-21(15-13-20)29(3,4)5)31(34-26(24)28(30)33)22-9-7-6-8-10-22/h6-17,24-26H,1-5H3/t24-,25-,26+/m1/s1. The highest BCUT2D eigenvalue weighted by Gasteiger charge is 2.60. The van der Waals surface area contributed by atoms with Gasteiger partial charge in [0.15, 0.2) is 6.10 Å². The van der Waals surface area contributed by atoms with Crippen molar-refractivity contribution in [2.75, 3.05) is 9.96 Å². The number of carbonyl (C=O) groups is 2. The van der Waals surface area contributed by atoms with Gasteiger partial charge in [-0.2, -0.15) is 0 Å². The van der Waals surface area contributed by atoms with Crippen molar-refractivity contribution in [2.45, 2.75) is 52.2 Å². The summed E-state index contributed by atoms with van der Waals surface area (Å²) in [5.41, 5.74) is 5.62. The number of aryl methyl sites for hydroxylation is 2. The van der Waals surface area contributed by atoms with Gasteiger partial charge in [0.2, 0.25) is 5.91 Å². The minimum absolute atomic E-state index is 0.0191. The summed E-state index contributed by atoms with van der Waals surface area (Å²) in [5.74, 6) is -1.16. The number of hydrogen-bond donors (Lipinski definition) is 0. The normalized spacial score (nSPS) is 22.4. The highest BCUT2D eigenvalue weighted by molar-refractivity contribution is 6.24. The van der Waals surface area contributed by atoms with Crippen molar-refractivity contribution in [3.63, 3.8) is 0 Å². The largest absolute Gasteiger partial charge is 0.273 e. The van der Waals surface area contributed by atoms with Crippen LogP contribution in [0, 0.1) is 19.8 Å². The van der Waals surface area contributed by atoms with Gasteiger partial charge in [0.1, 0.15) is 5.92 Å². The average Bonchev–Trinajstić information content (AvgIpc) is 3.31. The van der Waals surface area contributed by atoms with Crippen LogP contribution < -0.4 is 9.96 Å². The third-order valence-corrected chi connectivity index (χ3v) is 6.84. The Morgan fingerprint density at radius 3 is 2.12 bits per heavy atom. The van der Waals surface area contributed by atoms with E-state index >= 15 is 0 Å². The zero-order valence-corrected chi connectivity index (χ0v) is 20.3. The number of hydroxylamine groups is 1. The molecule has 5 heteroatoms. The zero-order valence-electron chi connectivity index (χ0n) is 20.3. The first kappa shape index (κ1) is 22.4. The third kappa shape index (κ3) is 3.61. The molecule has 0 spiro atoms. The van der Waals surface area contributed by atoms with Crippen molar-refractivity contribution in [1.29, 1.82) is 0 Å². The van der Waals surface area contributed by atoms with Crippen molar-refractivity contribution in [3.05, 3.63) is 95.1 Å². The van der Waals surface area contributed by atoms with Crippen molar-refractivity contribution in [1.82, 2.24) is 0 Å². The smallest absolute Gasteiger partial charge is 0.266 e. The Hall–Kier alpha value is -3.44. The molecule has 0 N–H and O–H groups in total. The molecular formula is C29H30N2O3. The van der Waals surface area contributed by atoms with E-state index in [9.17, 15) is 9.59 Å². The maximum atomic E-state index is 13.8. The lowest BCUT2D eigenvalue weighted by atomic mass is 9.84.